The average Bonchev–Trinajstić information content (AvgIpc) is 0.832. The number of esters is 6. The fourth-order valence-electron chi connectivity index (χ4n) is 13.1. The van der Waals surface area contributed by atoms with E-state index in [9.17, 15) is 28.8 Å². The number of carbonyl (C=O) groups is 6. The smallest absolute Gasteiger partial charge is 0.338 e. The van der Waals surface area contributed by atoms with Crippen molar-refractivity contribution in [2.45, 2.75) is 142 Å². The summed E-state index contributed by atoms with van der Waals surface area (Å²) in [5, 5.41) is 0. The standard InChI is InChI=1S/C102H124N2O26/c1-111-93-59-73(33-41-97(105)115-5)29-37-89(93)123-49-23-13-9-19-45-119-83-55-77(56-84(68-83)120-46-20-10-14-24-50-124-90-38-30-74(60-94(90)112-2)34-42-98(106)116-6)71-129-87-65-80(102(110)128-54-28-18-17-27-53-127-101(109)79-63-81(103)67-82(104)64-79)66-88(70-87)130-72-78-57-85(121-47-21-11-15-25-51-125-91-39-31-75(61-95(91)113-3)35-43-99(107)117-7)69-86(58-78)122-48-22-12-16-26-52-126-92-40-32-76(62-96(92)114-4)36-44-100(108)118-8/h29-44,55-70H,9-28,45-54,71-72,103-104H2,1-8H3/b41-33+,42-34+,43-35+,44-36+. The first-order chi connectivity index (χ1) is 63.4. The van der Waals surface area contributed by atoms with E-state index in [4.69, 9.17) is 106 Å². The zero-order chi connectivity index (χ0) is 92.7. The molecule has 0 bridgehead atoms. The van der Waals surface area contributed by atoms with Crippen molar-refractivity contribution in [1.29, 1.82) is 0 Å². The third kappa shape index (κ3) is 38.5. The monoisotopic (exact) mass is 1790 g/mol. The molecule has 0 amide bonds. The van der Waals surface area contributed by atoms with Gasteiger partial charge in [-0.15, -0.1) is 0 Å². The molecule has 8 rings (SSSR count). The van der Waals surface area contributed by atoms with Crippen LogP contribution < -0.4 is 77.8 Å². The van der Waals surface area contributed by atoms with Gasteiger partial charge in [-0.3, -0.25) is 0 Å². The van der Waals surface area contributed by atoms with Gasteiger partial charge in [-0.1, -0.05) is 24.3 Å². The van der Waals surface area contributed by atoms with E-state index in [1.165, 1.54) is 64.9 Å². The summed E-state index contributed by atoms with van der Waals surface area (Å²) < 4.78 is 116. The fourth-order valence-corrected chi connectivity index (χ4v) is 13.1. The maximum Gasteiger partial charge on any atom is 0.338 e. The third-order valence-electron chi connectivity index (χ3n) is 20.0. The number of hydrogen-bond donors (Lipinski definition) is 2. The van der Waals surface area contributed by atoms with Crippen LogP contribution in [-0.4, -0.2) is 159 Å². The zero-order valence-corrected chi connectivity index (χ0v) is 75.9. The number of anilines is 2. The lowest BCUT2D eigenvalue weighted by molar-refractivity contribution is -0.135. The summed E-state index contributed by atoms with van der Waals surface area (Å²) in [5.74, 6) is 4.65. The largest absolute Gasteiger partial charge is 0.493 e. The lowest BCUT2D eigenvalue weighted by Crippen LogP contribution is -2.09. The molecule has 28 heteroatoms. The van der Waals surface area contributed by atoms with E-state index in [1.807, 2.05) is 84.9 Å². The van der Waals surface area contributed by atoms with Crippen molar-refractivity contribution in [2.75, 3.05) is 134 Å². The van der Waals surface area contributed by atoms with Crippen LogP contribution >= 0.6 is 0 Å². The van der Waals surface area contributed by atoms with E-state index < -0.39 is 35.8 Å². The SMILES string of the molecule is COC(=O)/C=C/c1ccc(OCCCCCCOc2cc(COc3cc(OCc4cc(OCCCCCCOc5ccc(/C=C/C(=O)OC)cc5OC)cc(OCCCCCCOc5ccc(/C=C/C(=O)OC)cc5OC)c4)cc(C(=O)OCCCCCCOC(=O)c4cc(N)cc(N)c4)c3)cc(OCCCCCCOc3ccc(/C=C/C(=O)OC)cc3OC)c2)c(OC)c1. The Morgan fingerprint density at radius 3 is 0.715 bits per heavy atom. The number of methoxy groups -OCH3 is 8. The lowest BCUT2D eigenvalue weighted by atomic mass is 10.1. The predicted octanol–water partition coefficient (Wildman–Crippen LogP) is 19.4. The highest BCUT2D eigenvalue weighted by atomic mass is 16.6. The quantitative estimate of drug-likeness (QED) is 0.0118. The molecular formula is C102H124N2O26. The van der Waals surface area contributed by atoms with E-state index in [0.717, 1.165) is 136 Å². The fraction of sp³-hybridized carbons (Fsp3) is 0.392. The third-order valence-corrected chi connectivity index (χ3v) is 20.0. The summed E-state index contributed by atoms with van der Waals surface area (Å²) in [7, 11) is 11.6. The van der Waals surface area contributed by atoms with Gasteiger partial charge in [0.2, 0.25) is 0 Å². The van der Waals surface area contributed by atoms with Gasteiger partial charge in [-0.25, -0.2) is 28.8 Å². The van der Waals surface area contributed by atoms with Crippen molar-refractivity contribution in [3.8, 4) is 80.5 Å². The molecule has 0 saturated heterocycles. The van der Waals surface area contributed by atoms with E-state index >= 15 is 0 Å². The van der Waals surface area contributed by atoms with Crippen LogP contribution in [0.1, 0.15) is 183 Å². The minimum absolute atomic E-state index is 0.0403. The van der Waals surface area contributed by atoms with Crippen LogP contribution in [0.5, 0.6) is 80.5 Å². The molecule has 0 unspecified atom stereocenters. The molecule has 8 aromatic rings. The number of carbonyl (C=O) groups excluding carboxylic acids is 6. The van der Waals surface area contributed by atoms with Crippen LogP contribution in [0.25, 0.3) is 24.3 Å². The molecule has 8 aromatic carbocycles. The van der Waals surface area contributed by atoms with Crippen molar-refractivity contribution in [3.05, 3.63) is 214 Å². The summed E-state index contributed by atoms with van der Waals surface area (Å²) in [5.41, 5.74) is 17.5. The second kappa shape index (κ2) is 58.7. The minimum Gasteiger partial charge on any atom is -0.493 e. The Balaban J connectivity index is 0.944. The van der Waals surface area contributed by atoms with Gasteiger partial charge in [0.1, 0.15) is 47.7 Å². The minimum atomic E-state index is -0.588. The van der Waals surface area contributed by atoms with Gasteiger partial charge in [0, 0.05) is 53.9 Å². The lowest BCUT2D eigenvalue weighted by Gasteiger charge is -2.16. The molecule has 0 radical (unpaired) electrons. The Hall–Kier alpha value is -13.7. The predicted molar refractivity (Wildman–Crippen MR) is 496 cm³/mol. The Morgan fingerprint density at radius 2 is 0.469 bits per heavy atom. The Bertz CT molecular complexity index is 4480. The van der Waals surface area contributed by atoms with Crippen molar-refractivity contribution in [3.63, 3.8) is 0 Å². The molecule has 0 atom stereocenters. The normalized spacial score (nSPS) is 11.1. The Morgan fingerprint density at radius 1 is 0.238 bits per heavy atom. The number of nitrogens with two attached hydrogens (primary N) is 2. The maximum absolute atomic E-state index is 14.2. The number of ether oxygens (including phenoxy) is 20. The van der Waals surface area contributed by atoms with Crippen LogP contribution in [0.2, 0.25) is 0 Å². The van der Waals surface area contributed by atoms with Crippen LogP contribution in [0, 0.1) is 0 Å². The van der Waals surface area contributed by atoms with Crippen LogP contribution in [0.15, 0.2) is 170 Å². The molecule has 28 nitrogen and oxygen atoms in total. The molecule has 0 heterocycles. The summed E-state index contributed by atoms with van der Waals surface area (Å²) in [6.45, 7) is 3.97. The average molecular weight is 1790 g/mol. The molecule has 0 aliphatic heterocycles. The van der Waals surface area contributed by atoms with Crippen LogP contribution in [0.3, 0.4) is 0 Å². The van der Waals surface area contributed by atoms with Gasteiger partial charge < -0.3 is 106 Å². The first kappa shape index (κ1) is 102. The summed E-state index contributed by atoms with van der Waals surface area (Å²) in [4.78, 5) is 73.7. The first-order valence-corrected chi connectivity index (χ1v) is 43.8. The number of rotatable bonds is 63. The highest BCUT2D eigenvalue weighted by Crippen LogP contribution is 2.36. The van der Waals surface area contributed by atoms with Gasteiger partial charge in [0.25, 0.3) is 0 Å². The van der Waals surface area contributed by atoms with Gasteiger partial charge in [-0.2, -0.15) is 0 Å². The second-order valence-corrected chi connectivity index (χ2v) is 30.0. The second-order valence-electron chi connectivity index (χ2n) is 30.0. The number of unbranched alkanes of at least 4 members (excludes halogenated alkanes) is 15. The van der Waals surface area contributed by atoms with Crippen molar-refractivity contribution in [2.24, 2.45) is 0 Å². The highest BCUT2D eigenvalue weighted by molar-refractivity contribution is 5.92. The van der Waals surface area contributed by atoms with Gasteiger partial charge in [0.05, 0.1) is 134 Å². The van der Waals surface area contributed by atoms with Crippen LogP contribution in [0.4, 0.5) is 11.4 Å². The van der Waals surface area contributed by atoms with Gasteiger partial charge in [0.15, 0.2) is 46.0 Å². The summed E-state index contributed by atoms with van der Waals surface area (Å²) in [6, 6.07) is 42.8. The Kier molecular flexibility index (Phi) is 45.9. The van der Waals surface area contributed by atoms with Crippen molar-refractivity contribution in [1.82, 2.24) is 0 Å². The van der Waals surface area contributed by atoms with Crippen LogP contribution in [-0.2, 0) is 60.8 Å². The summed E-state index contributed by atoms with van der Waals surface area (Å²) in [6.07, 6.45) is 27.7. The van der Waals surface area contributed by atoms with Gasteiger partial charge in [-0.05, 0) is 289 Å². The van der Waals surface area contributed by atoms with Gasteiger partial charge >= 0.3 is 35.8 Å². The number of nitrogen functional groups attached to an aromatic ring is 2. The first-order valence-electron chi connectivity index (χ1n) is 43.8. The van der Waals surface area contributed by atoms with Crippen molar-refractivity contribution < 1.29 is 124 Å². The van der Waals surface area contributed by atoms with Crippen molar-refractivity contribution >= 4 is 71.5 Å². The molecular weight excluding hydrogens is 1670 g/mol. The molecule has 4 N–H and O–H groups in total. The molecule has 0 spiro atoms. The molecule has 0 aliphatic carbocycles. The highest BCUT2D eigenvalue weighted by Gasteiger charge is 2.18. The topological polar surface area (TPSA) is 339 Å². The molecule has 0 fully saturated rings. The molecule has 0 saturated carbocycles. The van der Waals surface area contributed by atoms with E-state index in [2.05, 4.69) is 0 Å². The molecule has 130 heavy (non-hydrogen) atoms. The Labute approximate surface area is 762 Å². The molecule has 0 aliphatic rings. The number of benzene rings is 8. The van der Waals surface area contributed by atoms with E-state index in [1.54, 1.807) is 101 Å². The molecule has 698 valence electrons. The summed E-state index contributed by atoms with van der Waals surface area (Å²) >= 11 is 0. The van der Waals surface area contributed by atoms with E-state index in [-0.39, 0.29) is 37.6 Å². The zero-order valence-electron chi connectivity index (χ0n) is 75.9. The number of hydrogen-bond acceptors (Lipinski definition) is 28. The van der Waals surface area contributed by atoms with E-state index in [0.29, 0.717) is 170 Å². The molecule has 0 aromatic heterocycles. The maximum atomic E-state index is 14.2.